The topological polar surface area (TPSA) is 57.4 Å². The van der Waals surface area contributed by atoms with Crippen molar-refractivity contribution in [2.75, 3.05) is 38.2 Å². The van der Waals surface area contributed by atoms with Crippen LogP contribution in [0.3, 0.4) is 0 Å². The van der Waals surface area contributed by atoms with Crippen LogP contribution in [0, 0.1) is 6.92 Å². The van der Waals surface area contributed by atoms with E-state index in [2.05, 4.69) is 21.9 Å². The molecule has 3 heterocycles. The van der Waals surface area contributed by atoms with Crippen LogP contribution in [0.15, 0.2) is 0 Å². The minimum Gasteiger partial charge on any atom is -0.395 e. The highest BCUT2D eigenvalue weighted by atomic mass is 32.1. The lowest BCUT2D eigenvalue weighted by atomic mass is 10.2. The van der Waals surface area contributed by atoms with Gasteiger partial charge < -0.3 is 10.0 Å². The lowest BCUT2D eigenvalue weighted by Crippen LogP contribution is -2.53. The molecule has 0 saturated carbocycles. The molecule has 1 saturated heterocycles. The molecule has 1 aliphatic heterocycles. The van der Waals surface area contributed by atoms with Gasteiger partial charge in [0.1, 0.15) is 0 Å². The number of hydrogen-bond acceptors (Lipinski definition) is 6. The Morgan fingerprint density at radius 3 is 2.84 bits per heavy atom. The number of nitrogens with zero attached hydrogens (tertiary/aromatic N) is 5. The zero-order valence-corrected chi connectivity index (χ0v) is 12.3. The molecule has 0 radical (unpaired) electrons. The van der Waals surface area contributed by atoms with E-state index in [-0.39, 0.29) is 12.6 Å². The van der Waals surface area contributed by atoms with E-state index >= 15 is 0 Å². The summed E-state index contributed by atoms with van der Waals surface area (Å²) in [4.78, 5) is 9.17. The van der Waals surface area contributed by atoms with Crippen LogP contribution in [0.1, 0.15) is 5.69 Å². The van der Waals surface area contributed by atoms with Gasteiger partial charge in [0.05, 0.1) is 23.0 Å². The Kier molecular flexibility index (Phi) is 3.20. The fourth-order valence-corrected chi connectivity index (χ4v) is 3.59. The molecule has 2 aromatic heterocycles. The molecule has 1 aliphatic rings. The SMILES string of the molecule is Cc1nn(C)c2nc(N3CCN(C)C(CO)C3)sc12. The molecule has 0 aromatic carbocycles. The lowest BCUT2D eigenvalue weighted by Gasteiger charge is -2.38. The van der Waals surface area contributed by atoms with Crippen molar-refractivity contribution < 1.29 is 5.11 Å². The third kappa shape index (κ3) is 2.11. The first-order chi connectivity index (χ1) is 9.10. The van der Waals surface area contributed by atoms with Crippen LogP contribution >= 0.6 is 11.3 Å². The number of thiazole rings is 1. The maximum absolute atomic E-state index is 9.41. The summed E-state index contributed by atoms with van der Waals surface area (Å²) in [6.07, 6.45) is 0. The van der Waals surface area contributed by atoms with Gasteiger partial charge in [0.2, 0.25) is 0 Å². The number of aryl methyl sites for hydroxylation is 2. The Morgan fingerprint density at radius 1 is 1.37 bits per heavy atom. The van der Waals surface area contributed by atoms with Gasteiger partial charge in [-0.3, -0.25) is 4.90 Å². The normalized spacial score (nSPS) is 21.5. The molecule has 1 unspecified atom stereocenters. The fourth-order valence-electron chi connectivity index (χ4n) is 2.53. The zero-order valence-electron chi connectivity index (χ0n) is 11.5. The Labute approximate surface area is 116 Å². The number of fused-ring (bicyclic) bond motifs is 1. The number of aliphatic hydroxyl groups is 1. The highest BCUT2D eigenvalue weighted by molar-refractivity contribution is 7.22. The second-order valence-electron chi connectivity index (χ2n) is 5.12. The minimum absolute atomic E-state index is 0.193. The van der Waals surface area contributed by atoms with E-state index in [9.17, 15) is 5.11 Å². The van der Waals surface area contributed by atoms with Crippen LogP contribution in [-0.4, -0.2) is 64.1 Å². The van der Waals surface area contributed by atoms with E-state index in [0.717, 1.165) is 40.8 Å². The van der Waals surface area contributed by atoms with Gasteiger partial charge in [-0.15, -0.1) is 0 Å². The van der Waals surface area contributed by atoms with Gasteiger partial charge in [-0.05, 0) is 14.0 Å². The molecule has 2 aromatic rings. The molecule has 6 nitrogen and oxygen atoms in total. The van der Waals surface area contributed by atoms with Crippen molar-refractivity contribution in [3.05, 3.63) is 5.69 Å². The lowest BCUT2D eigenvalue weighted by molar-refractivity contribution is 0.135. The highest BCUT2D eigenvalue weighted by Gasteiger charge is 2.26. The average Bonchev–Trinajstić information content (AvgIpc) is 2.93. The number of anilines is 1. The molecular formula is C12H19N5OS. The summed E-state index contributed by atoms with van der Waals surface area (Å²) in [6.45, 7) is 4.96. The summed E-state index contributed by atoms with van der Waals surface area (Å²) in [7, 11) is 3.99. The third-order valence-electron chi connectivity index (χ3n) is 3.79. The summed E-state index contributed by atoms with van der Waals surface area (Å²) >= 11 is 1.70. The van der Waals surface area contributed by atoms with E-state index in [1.54, 1.807) is 11.3 Å². The zero-order chi connectivity index (χ0) is 13.6. The van der Waals surface area contributed by atoms with Crippen LogP contribution in [0.25, 0.3) is 10.3 Å². The van der Waals surface area contributed by atoms with Gasteiger partial charge in [-0.1, -0.05) is 11.3 Å². The third-order valence-corrected chi connectivity index (χ3v) is 5.01. The average molecular weight is 281 g/mol. The molecular weight excluding hydrogens is 262 g/mol. The number of rotatable bonds is 2. The summed E-state index contributed by atoms with van der Waals surface area (Å²) in [5, 5.41) is 14.8. The number of aromatic nitrogens is 3. The summed E-state index contributed by atoms with van der Waals surface area (Å²) in [6, 6.07) is 0.194. The van der Waals surface area contributed by atoms with Crippen molar-refractivity contribution in [2.45, 2.75) is 13.0 Å². The van der Waals surface area contributed by atoms with Crippen molar-refractivity contribution in [1.82, 2.24) is 19.7 Å². The van der Waals surface area contributed by atoms with Crippen LogP contribution in [-0.2, 0) is 7.05 Å². The van der Waals surface area contributed by atoms with Gasteiger partial charge in [0.25, 0.3) is 0 Å². The van der Waals surface area contributed by atoms with Crippen molar-refractivity contribution in [3.63, 3.8) is 0 Å². The van der Waals surface area contributed by atoms with Crippen molar-refractivity contribution in [2.24, 2.45) is 7.05 Å². The Hall–Kier alpha value is -1.18. The first kappa shape index (κ1) is 12.8. The largest absolute Gasteiger partial charge is 0.395 e. The van der Waals surface area contributed by atoms with Gasteiger partial charge in [-0.2, -0.15) is 5.10 Å². The molecule has 0 spiro atoms. The molecule has 1 fully saturated rings. The van der Waals surface area contributed by atoms with E-state index < -0.39 is 0 Å². The van der Waals surface area contributed by atoms with E-state index in [4.69, 9.17) is 4.98 Å². The maximum Gasteiger partial charge on any atom is 0.188 e. The first-order valence-corrected chi connectivity index (χ1v) is 7.28. The molecule has 1 N–H and O–H groups in total. The van der Waals surface area contributed by atoms with Gasteiger partial charge in [0.15, 0.2) is 10.8 Å². The Balaban J connectivity index is 1.90. The van der Waals surface area contributed by atoms with Crippen molar-refractivity contribution in [3.8, 4) is 0 Å². The molecule has 19 heavy (non-hydrogen) atoms. The predicted octanol–water partition coefficient (Wildman–Crippen LogP) is 0.451. The fraction of sp³-hybridized carbons (Fsp3) is 0.667. The summed E-state index contributed by atoms with van der Waals surface area (Å²) < 4.78 is 3.00. The van der Waals surface area contributed by atoms with Crippen LogP contribution < -0.4 is 4.90 Å². The number of aliphatic hydroxyl groups excluding tert-OH is 1. The maximum atomic E-state index is 9.41. The quantitative estimate of drug-likeness (QED) is 0.866. The first-order valence-electron chi connectivity index (χ1n) is 6.46. The number of likely N-dealkylation sites (N-methyl/N-ethyl adjacent to an activating group) is 1. The van der Waals surface area contributed by atoms with Gasteiger partial charge in [0, 0.05) is 26.7 Å². The van der Waals surface area contributed by atoms with Crippen LogP contribution in [0.2, 0.25) is 0 Å². The summed E-state index contributed by atoms with van der Waals surface area (Å²) in [5.41, 5.74) is 1.99. The van der Waals surface area contributed by atoms with E-state index in [0.29, 0.717) is 0 Å². The van der Waals surface area contributed by atoms with E-state index in [1.807, 2.05) is 18.7 Å². The standard InChI is InChI=1S/C12H19N5OS/c1-8-10-11(16(3)14-8)13-12(19-10)17-5-4-15(2)9(6-17)7-18/h9,18H,4-7H2,1-3H3. The number of piperazine rings is 1. The van der Waals surface area contributed by atoms with Crippen molar-refractivity contribution in [1.29, 1.82) is 0 Å². The number of hydrogen-bond donors (Lipinski definition) is 1. The second kappa shape index (κ2) is 4.73. The van der Waals surface area contributed by atoms with Gasteiger partial charge in [-0.25, -0.2) is 9.67 Å². The minimum atomic E-state index is 0.193. The van der Waals surface area contributed by atoms with Gasteiger partial charge >= 0.3 is 0 Å². The molecule has 3 rings (SSSR count). The summed E-state index contributed by atoms with van der Waals surface area (Å²) in [5.74, 6) is 0. The van der Waals surface area contributed by atoms with Crippen molar-refractivity contribution >= 4 is 26.8 Å². The smallest absolute Gasteiger partial charge is 0.188 e. The monoisotopic (exact) mass is 281 g/mol. The highest BCUT2D eigenvalue weighted by Crippen LogP contribution is 2.31. The second-order valence-corrected chi connectivity index (χ2v) is 6.10. The molecule has 1 atom stereocenters. The van der Waals surface area contributed by atoms with Crippen LogP contribution in [0.4, 0.5) is 5.13 Å². The molecule has 0 aliphatic carbocycles. The molecule has 0 amide bonds. The molecule has 104 valence electrons. The van der Waals surface area contributed by atoms with E-state index in [1.165, 1.54) is 0 Å². The Bertz CT molecular complexity index is 558. The van der Waals surface area contributed by atoms with Crippen LogP contribution in [0.5, 0.6) is 0 Å². The Morgan fingerprint density at radius 2 is 2.16 bits per heavy atom. The molecule has 0 bridgehead atoms. The molecule has 7 heteroatoms. The predicted molar refractivity (Wildman–Crippen MR) is 76.8 cm³/mol.